The molecular formula is C37H62O11Si2. The largest absolute Gasteiger partial charge is 0.468 e. The van der Waals surface area contributed by atoms with Crippen molar-refractivity contribution in [2.24, 2.45) is 45.8 Å². The summed E-state index contributed by atoms with van der Waals surface area (Å²) in [4.78, 5) is 27.6. The Morgan fingerprint density at radius 1 is 0.920 bits per heavy atom. The summed E-state index contributed by atoms with van der Waals surface area (Å²) in [5.41, 5.74) is -2.13. The van der Waals surface area contributed by atoms with Crippen molar-refractivity contribution in [3.8, 4) is 0 Å². The van der Waals surface area contributed by atoms with Gasteiger partial charge in [-0.05, 0) is 24.9 Å². The Morgan fingerprint density at radius 2 is 1.58 bits per heavy atom. The van der Waals surface area contributed by atoms with E-state index in [4.69, 9.17) is 42.6 Å². The number of esters is 1. The van der Waals surface area contributed by atoms with E-state index >= 15 is 0 Å². The molecule has 3 aliphatic heterocycles. The first kappa shape index (κ1) is 37.6. The molecule has 50 heavy (non-hydrogen) atoms. The molecule has 0 aromatic heterocycles. The van der Waals surface area contributed by atoms with E-state index in [9.17, 15) is 9.59 Å². The molecule has 0 aromatic rings. The Bertz CT molecular complexity index is 1300. The zero-order chi connectivity index (χ0) is 35.9. The molecule has 0 amide bonds. The summed E-state index contributed by atoms with van der Waals surface area (Å²) >= 11 is 0. The summed E-state index contributed by atoms with van der Waals surface area (Å²) in [5, 5.41) is 0. The first-order valence-corrected chi connectivity index (χ1v) is 26.4. The van der Waals surface area contributed by atoms with Crippen LogP contribution in [0.5, 0.6) is 0 Å². The second-order valence-electron chi connectivity index (χ2n) is 19.2. The average Bonchev–Trinajstić information content (AvgIpc) is 3.82. The van der Waals surface area contributed by atoms with Gasteiger partial charge in [-0.1, -0.05) is 46.2 Å². The maximum Gasteiger partial charge on any atom is 0.317 e. The van der Waals surface area contributed by atoms with Crippen molar-refractivity contribution in [1.82, 2.24) is 0 Å². The lowest BCUT2D eigenvalue weighted by atomic mass is 9.39. The molecule has 13 heteroatoms. The molecule has 7 aliphatic rings. The van der Waals surface area contributed by atoms with Crippen LogP contribution in [0.2, 0.25) is 51.4 Å². The smallest absolute Gasteiger partial charge is 0.317 e. The van der Waals surface area contributed by atoms with E-state index in [-0.39, 0.29) is 68.0 Å². The topological polar surface area (TPSA) is 117 Å². The van der Waals surface area contributed by atoms with Crippen molar-refractivity contribution in [1.29, 1.82) is 0 Å². The fourth-order valence-corrected chi connectivity index (χ4v) is 13.2. The van der Waals surface area contributed by atoms with Gasteiger partial charge in [-0.2, -0.15) is 0 Å². The quantitative estimate of drug-likeness (QED) is 0.104. The van der Waals surface area contributed by atoms with Crippen LogP contribution in [-0.2, 0) is 52.2 Å². The van der Waals surface area contributed by atoms with Crippen LogP contribution < -0.4 is 0 Å². The number of carbonyl (C=O) groups excluding carboxylic acids is 2. The summed E-state index contributed by atoms with van der Waals surface area (Å²) in [5.74, 6) is -1.36. The van der Waals surface area contributed by atoms with Gasteiger partial charge in [0, 0.05) is 89.7 Å². The van der Waals surface area contributed by atoms with Gasteiger partial charge in [0.15, 0.2) is 5.79 Å². The maximum absolute atomic E-state index is 14.4. The monoisotopic (exact) mass is 738 g/mol. The fourth-order valence-electron chi connectivity index (χ4n) is 11.7. The van der Waals surface area contributed by atoms with Crippen molar-refractivity contribution in [2.45, 2.75) is 114 Å². The lowest BCUT2D eigenvalue weighted by molar-refractivity contribution is -0.381. The lowest BCUT2D eigenvalue weighted by Crippen LogP contribution is -2.76. The number of fused-ring (bicyclic) bond motifs is 8. The molecular weight excluding hydrogens is 677 g/mol. The summed E-state index contributed by atoms with van der Waals surface area (Å²) < 4.78 is 58.4. The summed E-state index contributed by atoms with van der Waals surface area (Å²) in [6, 6.07) is 2.07. The van der Waals surface area contributed by atoms with Crippen molar-refractivity contribution in [3.05, 3.63) is 0 Å². The highest BCUT2D eigenvalue weighted by Gasteiger charge is 2.83. The molecule has 3 heterocycles. The maximum atomic E-state index is 14.4. The van der Waals surface area contributed by atoms with Crippen molar-refractivity contribution < 1.29 is 52.2 Å². The van der Waals surface area contributed by atoms with E-state index in [1.165, 1.54) is 7.11 Å². The number of Topliss-reactive ketones (excluding diaryl/α,β-unsaturated/α-hetero) is 1. The zero-order valence-electron chi connectivity index (χ0n) is 31.9. The molecule has 11 nitrogen and oxygen atoms in total. The summed E-state index contributed by atoms with van der Waals surface area (Å²) in [6.07, 6.45) is 0.729. The number of rotatable bonds is 14. The molecule has 3 saturated heterocycles. The standard InChI is InChI=1S/C37H62O11Si2/c1-34-17-25-24-14-23(15-26(24)38)37(25,41-3)48-32(34)30-31-35(19-44-18-27(34)35)28(46-21-42-10-12-49(4,5)6)16-29(36(31,20-45-30)33(39)40-2)47-22-43-11-13-50(7,8)9/h23-25,27-32H,10-22H2,1-9H3/t23-,24-,25-,27-,28-,29+,30+,31-,32+,34-,35-,36-,37+/m0/s1. The molecule has 0 unspecified atom stereocenters. The van der Waals surface area contributed by atoms with Gasteiger partial charge in [-0.15, -0.1) is 0 Å². The number of methoxy groups -OCH3 is 2. The SMILES string of the molecule is COC(=O)[C@@]12CO[C@H]3[C@H]4O[C@]5(OC)[C@@H]6CC(=O)[C@@H](C6)[C@@H]5C[C@@]4(C)[C@@H]4COC[C@]4([C@@H](OCOCC[Si](C)(C)C)C[C@H]1OCOCC[Si](C)(C)C)[C@H]32. The van der Waals surface area contributed by atoms with E-state index in [1.54, 1.807) is 7.11 Å². The van der Waals surface area contributed by atoms with E-state index < -0.39 is 50.4 Å². The van der Waals surface area contributed by atoms with E-state index in [2.05, 4.69) is 46.2 Å². The highest BCUT2D eigenvalue weighted by molar-refractivity contribution is 6.76. The number of ether oxygens (including phenoxy) is 9. The van der Waals surface area contributed by atoms with Gasteiger partial charge >= 0.3 is 5.97 Å². The number of hydrogen-bond donors (Lipinski definition) is 0. The summed E-state index contributed by atoms with van der Waals surface area (Å²) in [7, 11) is 0.592. The van der Waals surface area contributed by atoms with Crippen LogP contribution in [0, 0.1) is 45.8 Å². The van der Waals surface area contributed by atoms with Gasteiger partial charge in [-0.3, -0.25) is 9.59 Å². The molecule has 4 saturated carbocycles. The van der Waals surface area contributed by atoms with Crippen LogP contribution in [-0.4, -0.2) is 119 Å². The fraction of sp³-hybridized carbons (Fsp3) is 0.946. The summed E-state index contributed by atoms with van der Waals surface area (Å²) in [6.45, 7) is 18.8. The number of carbonyl (C=O) groups is 2. The molecule has 0 aromatic carbocycles. The predicted molar refractivity (Wildman–Crippen MR) is 189 cm³/mol. The van der Waals surface area contributed by atoms with Gasteiger partial charge in [0.1, 0.15) is 24.8 Å². The molecule has 0 radical (unpaired) electrons. The van der Waals surface area contributed by atoms with Crippen molar-refractivity contribution >= 4 is 27.9 Å². The number of hydrogen-bond acceptors (Lipinski definition) is 11. The molecule has 4 aliphatic carbocycles. The van der Waals surface area contributed by atoms with Crippen LogP contribution in [0.15, 0.2) is 0 Å². The van der Waals surface area contributed by atoms with Gasteiger partial charge in [0.05, 0.1) is 51.3 Å². The first-order chi connectivity index (χ1) is 23.6. The lowest BCUT2D eigenvalue weighted by Gasteiger charge is -2.68. The Morgan fingerprint density at radius 3 is 2.20 bits per heavy atom. The third-order valence-electron chi connectivity index (χ3n) is 14.1. The van der Waals surface area contributed by atoms with Crippen LogP contribution in [0.25, 0.3) is 0 Å². The van der Waals surface area contributed by atoms with E-state index in [0.717, 1.165) is 24.9 Å². The third-order valence-corrected chi connectivity index (χ3v) is 17.5. The minimum Gasteiger partial charge on any atom is -0.468 e. The predicted octanol–water partition coefficient (Wildman–Crippen LogP) is 4.97. The molecule has 13 atom stereocenters. The Balaban J connectivity index is 1.26. The van der Waals surface area contributed by atoms with Gasteiger partial charge in [0.25, 0.3) is 0 Å². The Hall–Kier alpha value is -0.746. The van der Waals surface area contributed by atoms with Crippen LogP contribution in [0.1, 0.15) is 32.6 Å². The van der Waals surface area contributed by atoms with Crippen LogP contribution in [0.3, 0.4) is 0 Å². The zero-order valence-corrected chi connectivity index (χ0v) is 33.9. The van der Waals surface area contributed by atoms with E-state index in [1.807, 2.05) is 0 Å². The Kier molecular flexibility index (Phi) is 9.94. The molecule has 284 valence electrons. The van der Waals surface area contributed by atoms with Gasteiger partial charge < -0.3 is 42.6 Å². The second kappa shape index (κ2) is 13.2. The minimum absolute atomic E-state index is 0.0120. The molecule has 2 bridgehead atoms. The molecule has 7 fully saturated rings. The average molecular weight is 739 g/mol. The van der Waals surface area contributed by atoms with E-state index in [0.29, 0.717) is 45.1 Å². The normalized spacial score (nSPS) is 46.0. The van der Waals surface area contributed by atoms with Crippen molar-refractivity contribution in [2.75, 3.05) is 60.8 Å². The van der Waals surface area contributed by atoms with Crippen LogP contribution in [0.4, 0.5) is 0 Å². The molecule has 0 N–H and O–H groups in total. The van der Waals surface area contributed by atoms with Gasteiger partial charge in [-0.25, -0.2) is 0 Å². The minimum atomic E-state index is -1.30. The third kappa shape index (κ3) is 5.69. The molecule has 7 rings (SSSR count). The number of ketones is 1. The van der Waals surface area contributed by atoms with Crippen LogP contribution >= 0.6 is 0 Å². The first-order valence-electron chi connectivity index (χ1n) is 19.0. The highest BCUT2D eigenvalue weighted by atomic mass is 28.3. The van der Waals surface area contributed by atoms with Gasteiger partial charge in [0.2, 0.25) is 0 Å². The Labute approximate surface area is 300 Å². The molecule has 1 spiro atoms. The highest BCUT2D eigenvalue weighted by Crippen LogP contribution is 2.75. The van der Waals surface area contributed by atoms with Crippen molar-refractivity contribution in [3.63, 3.8) is 0 Å². The second-order valence-corrected chi connectivity index (χ2v) is 30.4.